The molecular weight excluding hydrogens is 280 g/mol. The molecule has 0 aliphatic heterocycles. The van der Waals surface area contributed by atoms with Crippen LogP contribution in [0.3, 0.4) is 0 Å². The Balaban J connectivity index is 1.65. The second-order valence-corrected chi connectivity index (χ2v) is 4.65. The van der Waals surface area contributed by atoms with Crippen LogP contribution in [-0.2, 0) is 6.54 Å². The third kappa shape index (κ3) is 2.91. The third-order valence-electron chi connectivity index (χ3n) is 3.14. The van der Waals surface area contributed by atoms with Crippen molar-refractivity contribution >= 4 is 5.91 Å². The van der Waals surface area contributed by atoms with Crippen molar-refractivity contribution in [2.75, 3.05) is 0 Å². The van der Waals surface area contributed by atoms with E-state index in [1.165, 1.54) is 0 Å². The number of amides is 1. The third-order valence-corrected chi connectivity index (χ3v) is 3.14. The van der Waals surface area contributed by atoms with Crippen molar-refractivity contribution in [3.8, 4) is 17.4 Å². The van der Waals surface area contributed by atoms with Gasteiger partial charge < -0.3 is 14.2 Å². The number of hydrogen-bond donors (Lipinski definition) is 1. The Morgan fingerprint density at radius 2 is 2.14 bits per heavy atom. The van der Waals surface area contributed by atoms with E-state index in [2.05, 4.69) is 5.32 Å². The van der Waals surface area contributed by atoms with Gasteiger partial charge in [0, 0.05) is 5.56 Å². The normalized spacial score (nSPS) is 10.1. The predicted molar refractivity (Wildman–Crippen MR) is 78.7 cm³/mol. The number of carbonyl (C=O) groups excluding carboxylic acids is 1. The van der Waals surface area contributed by atoms with Crippen molar-refractivity contribution in [2.45, 2.75) is 6.54 Å². The molecular formula is C17H12N2O3. The molecule has 0 atom stereocenters. The molecule has 5 heteroatoms. The summed E-state index contributed by atoms with van der Waals surface area (Å²) < 4.78 is 10.6. The van der Waals surface area contributed by atoms with Crippen LogP contribution in [0.25, 0.3) is 11.3 Å². The molecule has 0 fully saturated rings. The van der Waals surface area contributed by atoms with E-state index >= 15 is 0 Å². The van der Waals surface area contributed by atoms with Crippen LogP contribution in [-0.4, -0.2) is 5.91 Å². The molecule has 22 heavy (non-hydrogen) atoms. The largest absolute Gasteiger partial charge is 0.472 e. The summed E-state index contributed by atoms with van der Waals surface area (Å²) in [7, 11) is 0. The number of nitrogens with one attached hydrogen (secondary N) is 1. The molecule has 1 aromatic carbocycles. The SMILES string of the molecule is N#Cc1cccc(C(=O)NCc2ccc(-c3ccoc3)o2)c1. The lowest BCUT2D eigenvalue weighted by atomic mass is 10.1. The fourth-order valence-electron chi connectivity index (χ4n) is 2.03. The molecule has 3 aromatic rings. The average molecular weight is 292 g/mol. The standard InChI is InChI=1S/C17H12N2O3/c18-9-12-2-1-3-13(8-12)17(20)19-10-15-4-5-16(22-15)14-6-7-21-11-14/h1-8,11H,10H2,(H,19,20). The lowest BCUT2D eigenvalue weighted by Crippen LogP contribution is -2.22. The molecule has 3 rings (SSSR count). The van der Waals surface area contributed by atoms with Gasteiger partial charge in [-0.15, -0.1) is 0 Å². The van der Waals surface area contributed by atoms with Crippen LogP contribution in [0.4, 0.5) is 0 Å². The second kappa shape index (κ2) is 6.02. The number of rotatable bonds is 4. The zero-order valence-corrected chi connectivity index (χ0v) is 11.6. The summed E-state index contributed by atoms with van der Waals surface area (Å²) in [5.74, 6) is 1.07. The summed E-state index contributed by atoms with van der Waals surface area (Å²) in [6.45, 7) is 0.271. The number of furan rings is 2. The molecule has 0 aliphatic carbocycles. The molecule has 0 aliphatic rings. The van der Waals surface area contributed by atoms with Crippen LogP contribution in [0.5, 0.6) is 0 Å². The minimum absolute atomic E-state index is 0.252. The monoisotopic (exact) mass is 292 g/mol. The Morgan fingerprint density at radius 3 is 2.91 bits per heavy atom. The Hall–Kier alpha value is -3.26. The Morgan fingerprint density at radius 1 is 1.23 bits per heavy atom. The molecule has 0 unspecified atom stereocenters. The Kier molecular flexibility index (Phi) is 3.75. The lowest BCUT2D eigenvalue weighted by Gasteiger charge is -2.03. The van der Waals surface area contributed by atoms with E-state index < -0.39 is 0 Å². The quantitative estimate of drug-likeness (QED) is 0.799. The van der Waals surface area contributed by atoms with E-state index in [1.54, 1.807) is 48.9 Å². The molecule has 0 spiro atoms. The van der Waals surface area contributed by atoms with Crippen molar-refractivity contribution in [3.63, 3.8) is 0 Å². The molecule has 0 radical (unpaired) electrons. The first-order valence-electron chi connectivity index (χ1n) is 6.66. The molecule has 1 N–H and O–H groups in total. The molecule has 1 amide bonds. The summed E-state index contributed by atoms with van der Waals surface area (Å²) in [5.41, 5.74) is 1.74. The lowest BCUT2D eigenvalue weighted by molar-refractivity contribution is 0.0948. The smallest absolute Gasteiger partial charge is 0.251 e. The van der Waals surface area contributed by atoms with Gasteiger partial charge in [0.05, 0.1) is 30.0 Å². The maximum atomic E-state index is 12.0. The highest BCUT2D eigenvalue weighted by atomic mass is 16.3. The maximum Gasteiger partial charge on any atom is 0.251 e. The van der Waals surface area contributed by atoms with Crippen LogP contribution >= 0.6 is 0 Å². The fourth-order valence-corrected chi connectivity index (χ4v) is 2.03. The Bertz CT molecular complexity index is 826. The van der Waals surface area contributed by atoms with Gasteiger partial charge in [0.2, 0.25) is 0 Å². The minimum Gasteiger partial charge on any atom is -0.472 e. The van der Waals surface area contributed by atoms with Gasteiger partial charge in [0.1, 0.15) is 17.8 Å². The van der Waals surface area contributed by atoms with E-state index in [1.807, 2.05) is 12.1 Å². The van der Waals surface area contributed by atoms with Gasteiger partial charge in [-0.25, -0.2) is 0 Å². The van der Waals surface area contributed by atoms with Gasteiger partial charge in [-0.2, -0.15) is 5.26 Å². The number of hydrogen-bond acceptors (Lipinski definition) is 4. The maximum absolute atomic E-state index is 12.0. The highest BCUT2D eigenvalue weighted by Crippen LogP contribution is 2.22. The molecule has 2 aromatic heterocycles. The average Bonchev–Trinajstić information content (AvgIpc) is 3.23. The first-order valence-corrected chi connectivity index (χ1v) is 6.66. The molecule has 5 nitrogen and oxygen atoms in total. The van der Waals surface area contributed by atoms with E-state index in [4.69, 9.17) is 14.1 Å². The van der Waals surface area contributed by atoms with Crippen molar-refractivity contribution in [3.05, 3.63) is 71.9 Å². The predicted octanol–water partition coefficient (Wildman–Crippen LogP) is 3.34. The van der Waals surface area contributed by atoms with E-state index in [-0.39, 0.29) is 12.5 Å². The van der Waals surface area contributed by atoms with Crippen LogP contribution in [0, 0.1) is 11.3 Å². The summed E-state index contributed by atoms with van der Waals surface area (Å²) in [5, 5.41) is 11.6. The second-order valence-electron chi connectivity index (χ2n) is 4.65. The summed E-state index contributed by atoms with van der Waals surface area (Å²) in [6.07, 6.45) is 3.16. The van der Waals surface area contributed by atoms with Gasteiger partial charge in [-0.1, -0.05) is 6.07 Å². The van der Waals surface area contributed by atoms with Gasteiger partial charge in [0.15, 0.2) is 0 Å². The molecule has 0 saturated carbocycles. The Labute approximate surface area is 126 Å². The van der Waals surface area contributed by atoms with Crippen molar-refractivity contribution in [1.82, 2.24) is 5.32 Å². The van der Waals surface area contributed by atoms with Gasteiger partial charge in [0.25, 0.3) is 5.91 Å². The number of carbonyl (C=O) groups is 1. The topological polar surface area (TPSA) is 79.2 Å². The van der Waals surface area contributed by atoms with E-state index in [9.17, 15) is 4.79 Å². The summed E-state index contributed by atoms with van der Waals surface area (Å²) in [4.78, 5) is 12.0. The first-order chi connectivity index (χ1) is 10.8. The number of nitrogens with zero attached hydrogens (tertiary/aromatic N) is 1. The highest BCUT2D eigenvalue weighted by Gasteiger charge is 2.09. The van der Waals surface area contributed by atoms with E-state index in [0.717, 1.165) is 5.56 Å². The van der Waals surface area contributed by atoms with Crippen molar-refractivity contribution in [1.29, 1.82) is 5.26 Å². The first kappa shape index (κ1) is 13.7. The fraction of sp³-hybridized carbons (Fsp3) is 0.0588. The summed E-state index contributed by atoms with van der Waals surface area (Å²) in [6, 6.07) is 14.0. The molecule has 108 valence electrons. The van der Waals surface area contributed by atoms with Crippen molar-refractivity contribution in [2.24, 2.45) is 0 Å². The zero-order valence-electron chi connectivity index (χ0n) is 11.6. The minimum atomic E-state index is -0.252. The molecule has 0 bridgehead atoms. The number of nitriles is 1. The van der Waals surface area contributed by atoms with Gasteiger partial charge in [-0.05, 0) is 36.4 Å². The van der Waals surface area contributed by atoms with Crippen LogP contribution in [0.2, 0.25) is 0 Å². The van der Waals surface area contributed by atoms with Crippen LogP contribution in [0.1, 0.15) is 21.7 Å². The van der Waals surface area contributed by atoms with Crippen molar-refractivity contribution < 1.29 is 13.6 Å². The van der Waals surface area contributed by atoms with Gasteiger partial charge >= 0.3 is 0 Å². The zero-order chi connectivity index (χ0) is 15.4. The summed E-state index contributed by atoms with van der Waals surface area (Å²) >= 11 is 0. The van der Waals surface area contributed by atoms with Crippen LogP contribution < -0.4 is 5.32 Å². The molecule has 0 saturated heterocycles. The highest BCUT2D eigenvalue weighted by molar-refractivity contribution is 5.94. The number of benzene rings is 1. The van der Waals surface area contributed by atoms with Crippen LogP contribution in [0.15, 0.2) is 63.8 Å². The molecule has 2 heterocycles. The van der Waals surface area contributed by atoms with E-state index in [0.29, 0.717) is 22.6 Å². The van der Waals surface area contributed by atoms with Gasteiger partial charge in [-0.3, -0.25) is 4.79 Å².